The van der Waals surface area contributed by atoms with E-state index >= 15 is 0 Å². The molecular formula is C22H19F3N4O. The van der Waals surface area contributed by atoms with E-state index in [1.807, 2.05) is 29.2 Å². The van der Waals surface area contributed by atoms with Crippen molar-refractivity contribution in [1.82, 2.24) is 9.97 Å². The van der Waals surface area contributed by atoms with E-state index in [2.05, 4.69) is 16.5 Å². The first-order valence-corrected chi connectivity index (χ1v) is 9.42. The third kappa shape index (κ3) is 3.72. The van der Waals surface area contributed by atoms with Crippen LogP contribution in [-0.2, 0) is 11.0 Å². The smallest absolute Gasteiger partial charge is 0.366 e. The monoisotopic (exact) mass is 412 g/mol. The maximum absolute atomic E-state index is 12.9. The Balaban J connectivity index is 1.74. The molecule has 1 aliphatic rings. The number of carbonyl (C=O) groups excluding carboxylic acids is 1. The van der Waals surface area contributed by atoms with Crippen LogP contribution in [0.4, 0.5) is 19.0 Å². The van der Waals surface area contributed by atoms with Crippen LogP contribution >= 0.6 is 0 Å². The number of para-hydroxylation sites is 1. The van der Waals surface area contributed by atoms with Gasteiger partial charge in [0, 0.05) is 35.5 Å². The summed E-state index contributed by atoms with van der Waals surface area (Å²) in [6, 6.07) is 12.3. The summed E-state index contributed by atoms with van der Waals surface area (Å²) in [4.78, 5) is 22.7. The van der Waals surface area contributed by atoms with Gasteiger partial charge in [-0.05, 0) is 30.7 Å². The number of hydrogen-bond donors (Lipinski definition) is 1. The van der Waals surface area contributed by atoms with E-state index in [0.29, 0.717) is 41.4 Å². The lowest BCUT2D eigenvalue weighted by Gasteiger charge is -2.20. The highest BCUT2D eigenvalue weighted by Crippen LogP contribution is 2.34. The number of amides is 1. The number of rotatable bonds is 4. The summed E-state index contributed by atoms with van der Waals surface area (Å²) in [6.45, 7) is 4.99. The molecule has 1 amide bonds. The second kappa shape index (κ2) is 7.44. The van der Waals surface area contributed by atoms with Crippen molar-refractivity contribution in [2.24, 2.45) is 11.7 Å². The van der Waals surface area contributed by atoms with Gasteiger partial charge >= 0.3 is 6.18 Å². The van der Waals surface area contributed by atoms with Gasteiger partial charge in [0.25, 0.3) is 0 Å². The Labute approximate surface area is 171 Å². The van der Waals surface area contributed by atoms with Gasteiger partial charge in [-0.3, -0.25) is 4.79 Å². The van der Waals surface area contributed by atoms with Crippen molar-refractivity contribution in [2.75, 3.05) is 18.0 Å². The summed E-state index contributed by atoms with van der Waals surface area (Å²) in [5, 5.41) is 0.832. The molecule has 0 aliphatic carbocycles. The number of carbonyl (C=O) groups is 1. The highest BCUT2D eigenvalue weighted by Gasteiger charge is 2.31. The average molecular weight is 412 g/mol. The zero-order valence-corrected chi connectivity index (χ0v) is 16.0. The van der Waals surface area contributed by atoms with Gasteiger partial charge in [-0.25, -0.2) is 9.97 Å². The average Bonchev–Trinajstić information content (AvgIpc) is 3.21. The number of nitrogens with two attached hydrogens (primary N) is 1. The third-order valence-corrected chi connectivity index (χ3v) is 5.35. The van der Waals surface area contributed by atoms with Crippen LogP contribution in [0.3, 0.4) is 0 Å². The maximum Gasteiger partial charge on any atom is 0.416 e. The lowest BCUT2D eigenvalue weighted by molar-refractivity contribution is -0.137. The van der Waals surface area contributed by atoms with Gasteiger partial charge in [0.2, 0.25) is 5.91 Å². The second-order valence-corrected chi connectivity index (χ2v) is 7.28. The predicted molar refractivity (Wildman–Crippen MR) is 109 cm³/mol. The molecule has 1 atom stereocenters. The molecule has 4 rings (SSSR count). The number of aromatic nitrogens is 2. The first-order chi connectivity index (χ1) is 14.2. The molecular weight excluding hydrogens is 393 g/mol. The molecule has 0 radical (unpaired) electrons. The topological polar surface area (TPSA) is 72.1 Å². The number of hydrogen-bond acceptors (Lipinski definition) is 4. The number of halogens is 3. The van der Waals surface area contributed by atoms with Gasteiger partial charge in [-0.15, -0.1) is 0 Å². The number of benzene rings is 2. The Morgan fingerprint density at radius 1 is 1.10 bits per heavy atom. The normalized spacial score (nSPS) is 16.8. The van der Waals surface area contributed by atoms with Gasteiger partial charge < -0.3 is 10.6 Å². The van der Waals surface area contributed by atoms with Gasteiger partial charge in [0.1, 0.15) is 5.82 Å². The molecule has 1 fully saturated rings. The SMILES string of the molecule is C=C(C(N)=O)C1CCN(c2nc(-c3ccc(C(F)(F)F)cc3)nc3ccccc23)C1. The number of anilines is 1. The Bertz CT molecular complexity index is 1130. The fraction of sp³-hybridized carbons (Fsp3) is 0.227. The van der Waals surface area contributed by atoms with Crippen LogP contribution in [-0.4, -0.2) is 29.0 Å². The largest absolute Gasteiger partial charge is 0.416 e. The molecule has 2 heterocycles. The molecule has 30 heavy (non-hydrogen) atoms. The van der Waals surface area contributed by atoms with E-state index in [4.69, 9.17) is 5.73 Å². The number of fused-ring (bicyclic) bond motifs is 1. The molecule has 3 aromatic rings. The minimum atomic E-state index is -4.40. The molecule has 5 nitrogen and oxygen atoms in total. The summed E-state index contributed by atoms with van der Waals surface area (Å²) in [7, 11) is 0. The first kappa shape index (κ1) is 19.9. The van der Waals surface area contributed by atoms with Crippen LogP contribution in [0.15, 0.2) is 60.7 Å². The van der Waals surface area contributed by atoms with Gasteiger partial charge in [-0.1, -0.05) is 30.8 Å². The van der Waals surface area contributed by atoms with Crippen molar-refractivity contribution < 1.29 is 18.0 Å². The first-order valence-electron chi connectivity index (χ1n) is 9.42. The lowest BCUT2D eigenvalue weighted by atomic mass is 9.99. The van der Waals surface area contributed by atoms with Crippen LogP contribution in [0.2, 0.25) is 0 Å². The van der Waals surface area contributed by atoms with Crippen molar-refractivity contribution in [3.05, 3.63) is 66.2 Å². The van der Waals surface area contributed by atoms with Gasteiger partial charge in [0.05, 0.1) is 11.1 Å². The minimum Gasteiger partial charge on any atom is -0.366 e. The van der Waals surface area contributed by atoms with Crippen LogP contribution in [0.25, 0.3) is 22.3 Å². The molecule has 8 heteroatoms. The van der Waals surface area contributed by atoms with E-state index in [-0.39, 0.29) is 5.92 Å². The summed E-state index contributed by atoms with van der Waals surface area (Å²) in [5.74, 6) is 0.440. The molecule has 0 saturated carbocycles. The Hall–Kier alpha value is -3.42. The van der Waals surface area contributed by atoms with Crippen LogP contribution in [0.5, 0.6) is 0 Å². The molecule has 1 unspecified atom stereocenters. The van der Waals surface area contributed by atoms with Crippen molar-refractivity contribution in [3.63, 3.8) is 0 Å². The number of nitrogens with zero attached hydrogens (tertiary/aromatic N) is 3. The zero-order valence-electron chi connectivity index (χ0n) is 16.0. The summed E-state index contributed by atoms with van der Waals surface area (Å²) in [5.41, 5.74) is 6.22. The Morgan fingerprint density at radius 3 is 2.47 bits per heavy atom. The van der Waals surface area contributed by atoms with Crippen LogP contribution in [0.1, 0.15) is 12.0 Å². The number of alkyl halides is 3. The Kier molecular flexibility index (Phi) is 4.93. The third-order valence-electron chi connectivity index (χ3n) is 5.35. The predicted octanol–water partition coefficient (Wildman–Crippen LogP) is 4.18. The highest BCUT2D eigenvalue weighted by atomic mass is 19.4. The van der Waals surface area contributed by atoms with E-state index in [1.165, 1.54) is 12.1 Å². The van der Waals surface area contributed by atoms with E-state index in [9.17, 15) is 18.0 Å². The fourth-order valence-electron chi connectivity index (χ4n) is 3.68. The highest BCUT2D eigenvalue weighted by molar-refractivity contribution is 5.93. The van der Waals surface area contributed by atoms with Gasteiger partial charge in [-0.2, -0.15) is 13.2 Å². The zero-order chi connectivity index (χ0) is 21.5. The lowest BCUT2D eigenvalue weighted by Crippen LogP contribution is -2.25. The van der Waals surface area contributed by atoms with Crippen LogP contribution in [0, 0.1) is 5.92 Å². The Morgan fingerprint density at radius 2 is 1.80 bits per heavy atom. The van der Waals surface area contributed by atoms with E-state index in [1.54, 1.807) is 0 Å². The minimum absolute atomic E-state index is 0.0641. The number of primary amides is 1. The van der Waals surface area contributed by atoms with Crippen molar-refractivity contribution in [2.45, 2.75) is 12.6 Å². The quantitative estimate of drug-likeness (QED) is 0.653. The van der Waals surface area contributed by atoms with Crippen molar-refractivity contribution >= 4 is 22.6 Å². The van der Waals surface area contributed by atoms with E-state index in [0.717, 1.165) is 23.9 Å². The molecule has 1 aromatic heterocycles. The fourth-order valence-corrected chi connectivity index (χ4v) is 3.68. The standard InChI is InChI=1S/C22H19F3N4O/c1-13(19(26)30)15-10-11-29(12-15)21-17-4-2-3-5-18(17)27-20(28-21)14-6-8-16(9-7-14)22(23,24)25/h2-9,15H,1,10-12H2,(H2,26,30). The molecule has 1 aliphatic heterocycles. The molecule has 154 valence electrons. The van der Waals surface area contributed by atoms with E-state index < -0.39 is 17.6 Å². The summed E-state index contributed by atoms with van der Waals surface area (Å²) < 4.78 is 38.6. The molecule has 0 spiro atoms. The summed E-state index contributed by atoms with van der Waals surface area (Å²) >= 11 is 0. The van der Waals surface area contributed by atoms with Crippen LogP contribution < -0.4 is 10.6 Å². The van der Waals surface area contributed by atoms with Crippen molar-refractivity contribution in [1.29, 1.82) is 0 Å². The molecule has 2 N–H and O–H groups in total. The summed E-state index contributed by atoms with van der Waals surface area (Å²) in [6.07, 6.45) is -3.68. The second-order valence-electron chi connectivity index (χ2n) is 7.28. The van der Waals surface area contributed by atoms with Crippen molar-refractivity contribution in [3.8, 4) is 11.4 Å². The molecule has 0 bridgehead atoms. The molecule has 1 saturated heterocycles. The molecule has 2 aromatic carbocycles. The van der Waals surface area contributed by atoms with Gasteiger partial charge in [0.15, 0.2) is 5.82 Å². The maximum atomic E-state index is 12.9.